The number of halogens is 4. The van der Waals surface area contributed by atoms with Gasteiger partial charge in [0.05, 0.1) is 0 Å². The first kappa shape index (κ1) is 14.9. The van der Waals surface area contributed by atoms with E-state index < -0.39 is 29.9 Å². The normalized spacial score (nSPS) is 12.9. The van der Waals surface area contributed by atoms with E-state index in [2.05, 4.69) is 0 Å². The van der Waals surface area contributed by atoms with E-state index in [1.54, 1.807) is 0 Å². The molecule has 104 valence electrons. The summed E-state index contributed by atoms with van der Waals surface area (Å²) in [5.74, 6) is -4.65. The number of carboxylic acids is 1. The standard InChI is InChI=1S/C11H9F4NO3/c1-6(9(17)18)16(10(19)11(13,14)15)8-4-2-7(12)3-5-8/h2-6H,1H3,(H,17,18)/t6-/m0/s1. The molecule has 8 heteroatoms. The number of benzene rings is 1. The molecule has 0 spiro atoms. The van der Waals surface area contributed by atoms with Crippen LogP contribution in [0.5, 0.6) is 0 Å². The molecule has 0 aliphatic carbocycles. The molecule has 0 bridgehead atoms. The highest BCUT2D eigenvalue weighted by Gasteiger charge is 2.45. The first-order valence-electron chi connectivity index (χ1n) is 5.03. The maximum absolute atomic E-state index is 12.7. The molecule has 1 aromatic carbocycles. The van der Waals surface area contributed by atoms with Crippen LogP contribution in [0.1, 0.15) is 6.92 Å². The molecule has 1 amide bonds. The molecule has 0 aliphatic heterocycles. The Morgan fingerprint density at radius 3 is 2.05 bits per heavy atom. The monoisotopic (exact) mass is 279 g/mol. The van der Waals surface area contributed by atoms with Crippen molar-refractivity contribution in [3.05, 3.63) is 30.1 Å². The van der Waals surface area contributed by atoms with Gasteiger partial charge in [-0.2, -0.15) is 13.2 Å². The quantitative estimate of drug-likeness (QED) is 0.863. The zero-order valence-electron chi connectivity index (χ0n) is 9.61. The van der Waals surface area contributed by atoms with Gasteiger partial charge < -0.3 is 5.11 Å². The Morgan fingerprint density at radius 2 is 1.68 bits per heavy atom. The van der Waals surface area contributed by atoms with Crippen LogP contribution in [0, 0.1) is 5.82 Å². The van der Waals surface area contributed by atoms with Crippen LogP contribution in [0.15, 0.2) is 24.3 Å². The minimum atomic E-state index is -5.22. The van der Waals surface area contributed by atoms with E-state index in [1.807, 2.05) is 0 Å². The molecule has 0 radical (unpaired) electrons. The van der Waals surface area contributed by atoms with E-state index in [0.29, 0.717) is 0 Å². The summed E-state index contributed by atoms with van der Waals surface area (Å²) in [4.78, 5) is 22.1. The largest absolute Gasteiger partial charge is 0.480 e. The summed E-state index contributed by atoms with van der Waals surface area (Å²) < 4.78 is 50.0. The van der Waals surface area contributed by atoms with Crippen LogP contribution in [-0.4, -0.2) is 29.2 Å². The van der Waals surface area contributed by atoms with Crippen LogP contribution in [0.3, 0.4) is 0 Å². The molecule has 1 aromatic rings. The number of hydrogen-bond acceptors (Lipinski definition) is 2. The van der Waals surface area contributed by atoms with Crippen LogP contribution in [0.2, 0.25) is 0 Å². The van der Waals surface area contributed by atoms with Crippen LogP contribution < -0.4 is 4.90 Å². The van der Waals surface area contributed by atoms with Crippen molar-refractivity contribution in [1.29, 1.82) is 0 Å². The second-order valence-electron chi connectivity index (χ2n) is 3.66. The third-order valence-electron chi connectivity index (χ3n) is 2.31. The van der Waals surface area contributed by atoms with Gasteiger partial charge in [-0.1, -0.05) is 0 Å². The van der Waals surface area contributed by atoms with Gasteiger partial charge in [0.2, 0.25) is 0 Å². The Labute approximate surface area is 105 Å². The third-order valence-corrected chi connectivity index (χ3v) is 2.31. The Kier molecular flexibility index (Phi) is 4.13. The lowest BCUT2D eigenvalue weighted by Gasteiger charge is -2.27. The van der Waals surface area contributed by atoms with Crippen molar-refractivity contribution in [2.24, 2.45) is 0 Å². The Hall–Kier alpha value is -2.12. The molecule has 1 atom stereocenters. The molecule has 0 aliphatic rings. The molecule has 1 rings (SSSR count). The molecule has 4 nitrogen and oxygen atoms in total. The fraction of sp³-hybridized carbons (Fsp3) is 0.273. The molecule has 0 fully saturated rings. The first-order valence-corrected chi connectivity index (χ1v) is 5.03. The van der Waals surface area contributed by atoms with Crippen molar-refractivity contribution in [2.45, 2.75) is 19.1 Å². The summed E-state index contributed by atoms with van der Waals surface area (Å²) in [6.45, 7) is 0.926. The summed E-state index contributed by atoms with van der Waals surface area (Å²) >= 11 is 0. The van der Waals surface area contributed by atoms with Gasteiger partial charge in [-0.3, -0.25) is 9.69 Å². The van der Waals surface area contributed by atoms with E-state index in [1.165, 1.54) is 0 Å². The fourth-order valence-corrected chi connectivity index (χ4v) is 1.37. The molecule has 0 saturated heterocycles. The minimum Gasteiger partial charge on any atom is -0.480 e. The summed E-state index contributed by atoms with van der Waals surface area (Å²) in [6.07, 6.45) is -5.22. The van der Waals surface area contributed by atoms with E-state index in [0.717, 1.165) is 31.2 Å². The number of alkyl halides is 3. The van der Waals surface area contributed by atoms with Crippen LogP contribution in [-0.2, 0) is 9.59 Å². The van der Waals surface area contributed by atoms with Crippen LogP contribution in [0.25, 0.3) is 0 Å². The number of rotatable bonds is 3. The van der Waals surface area contributed by atoms with Gasteiger partial charge in [0.15, 0.2) is 0 Å². The number of anilines is 1. The number of aliphatic carboxylic acids is 1. The highest BCUT2D eigenvalue weighted by atomic mass is 19.4. The number of carbonyl (C=O) groups is 2. The number of amides is 1. The molecular formula is C11H9F4NO3. The second-order valence-corrected chi connectivity index (χ2v) is 3.66. The van der Waals surface area contributed by atoms with Crippen molar-refractivity contribution >= 4 is 17.6 Å². The van der Waals surface area contributed by atoms with Gasteiger partial charge in [-0.25, -0.2) is 9.18 Å². The lowest BCUT2D eigenvalue weighted by molar-refractivity contribution is -0.171. The predicted molar refractivity (Wildman–Crippen MR) is 57.0 cm³/mol. The van der Waals surface area contributed by atoms with Crippen molar-refractivity contribution in [2.75, 3.05) is 4.90 Å². The van der Waals surface area contributed by atoms with Crippen LogP contribution >= 0.6 is 0 Å². The zero-order chi connectivity index (χ0) is 14.8. The molecule has 0 aromatic heterocycles. The van der Waals surface area contributed by atoms with E-state index >= 15 is 0 Å². The topological polar surface area (TPSA) is 57.6 Å². The van der Waals surface area contributed by atoms with Gasteiger partial charge in [0.1, 0.15) is 11.9 Å². The smallest absolute Gasteiger partial charge is 0.471 e. The molecule has 1 N–H and O–H groups in total. The van der Waals surface area contributed by atoms with Gasteiger partial charge in [0, 0.05) is 5.69 Å². The second kappa shape index (κ2) is 5.25. The van der Waals surface area contributed by atoms with Crippen molar-refractivity contribution in [3.8, 4) is 0 Å². The van der Waals surface area contributed by atoms with E-state index in [-0.39, 0.29) is 10.6 Å². The minimum absolute atomic E-state index is 0.0573. The Morgan fingerprint density at radius 1 is 1.21 bits per heavy atom. The molecular weight excluding hydrogens is 270 g/mol. The van der Waals surface area contributed by atoms with Gasteiger partial charge >= 0.3 is 18.1 Å². The Balaban J connectivity index is 3.24. The maximum atomic E-state index is 12.7. The molecule has 0 heterocycles. The average Bonchev–Trinajstić information content (AvgIpc) is 2.30. The lowest BCUT2D eigenvalue weighted by atomic mass is 10.2. The highest BCUT2D eigenvalue weighted by Crippen LogP contribution is 2.26. The number of carbonyl (C=O) groups excluding carboxylic acids is 1. The molecule has 19 heavy (non-hydrogen) atoms. The van der Waals surface area contributed by atoms with Crippen molar-refractivity contribution < 1.29 is 32.3 Å². The molecule has 0 unspecified atom stereocenters. The zero-order valence-corrected chi connectivity index (χ0v) is 9.61. The van der Waals surface area contributed by atoms with Gasteiger partial charge in [-0.15, -0.1) is 0 Å². The number of hydrogen-bond donors (Lipinski definition) is 1. The maximum Gasteiger partial charge on any atom is 0.471 e. The first-order chi connectivity index (χ1) is 8.64. The summed E-state index contributed by atoms with van der Waals surface area (Å²) in [5.41, 5.74) is -0.348. The summed E-state index contributed by atoms with van der Waals surface area (Å²) in [5, 5.41) is 8.75. The number of nitrogens with zero attached hydrogens (tertiary/aromatic N) is 1. The van der Waals surface area contributed by atoms with Crippen LogP contribution in [0.4, 0.5) is 23.2 Å². The van der Waals surface area contributed by atoms with Gasteiger partial charge in [-0.05, 0) is 31.2 Å². The predicted octanol–water partition coefficient (Wildman–Crippen LogP) is 2.19. The third kappa shape index (κ3) is 3.43. The molecule has 0 saturated carbocycles. The Bertz CT molecular complexity index is 484. The number of carboxylic acid groups (broad SMARTS) is 1. The summed E-state index contributed by atoms with van der Waals surface area (Å²) in [7, 11) is 0. The van der Waals surface area contributed by atoms with E-state index in [9.17, 15) is 27.2 Å². The SMILES string of the molecule is C[C@@H](C(=O)O)N(C(=O)C(F)(F)F)c1ccc(F)cc1. The highest BCUT2D eigenvalue weighted by molar-refractivity contribution is 6.01. The average molecular weight is 279 g/mol. The fourth-order valence-electron chi connectivity index (χ4n) is 1.37. The van der Waals surface area contributed by atoms with Crippen molar-refractivity contribution in [3.63, 3.8) is 0 Å². The van der Waals surface area contributed by atoms with Crippen molar-refractivity contribution in [1.82, 2.24) is 0 Å². The van der Waals surface area contributed by atoms with Gasteiger partial charge in [0.25, 0.3) is 0 Å². The lowest BCUT2D eigenvalue weighted by Crippen LogP contribution is -2.49. The van der Waals surface area contributed by atoms with E-state index in [4.69, 9.17) is 5.11 Å². The summed E-state index contributed by atoms with van der Waals surface area (Å²) in [6, 6.07) is 1.73.